The molecule has 4 rings (SSSR count). The van der Waals surface area contributed by atoms with Crippen LogP contribution in [0.25, 0.3) is 0 Å². The second-order valence-corrected chi connectivity index (χ2v) is 8.61. The summed E-state index contributed by atoms with van der Waals surface area (Å²) in [5, 5.41) is 10.1. The highest BCUT2D eigenvalue weighted by molar-refractivity contribution is 7.13. The highest BCUT2D eigenvalue weighted by Crippen LogP contribution is 2.29. The molecule has 0 aromatic carbocycles. The number of likely N-dealkylation sites (tertiary alicyclic amines) is 1. The van der Waals surface area contributed by atoms with Crippen molar-refractivity contribution in [3.05, 3.63) is 46.3 Å². The van der Waals surface area contributed by atoms with E-state index in [1.807, 2.05) is 30.2 Å². The van der Waals surface area contributed by atoms with E-state index in [0.29, 0.717) is 31.1 Å². The van der Waals surface area contributed by atoms with Gasteiger partial charge in [-0.3, -0.25) is 9.78 Å². The number of aromatic nitrogens is 4. The number of hydrogen-bond donors (Lipinski definition) is 1. The van der Waals surface area contributed by atoms with Crippen LogP contribution in [0, 0.1) is 20.8 Å². The lowest BCUT2D eigenvalue weighted by Crippen LogP contribution is -2.39. The van der Waals surface area contributed by atoms with Crippen molar-refractivity contribution in [2.24, 2.45) is 0 Å². The maximum absolute atomic E-state index is 12.7. The molecule has 0 spiro atoms. The molecule has 0 saturated carbocycles. The highest BCUT2D eigenvalue weighted by Gasteiger charge is 2.26. The molecule has 4 heterocycles. The molecule has 1 amide bonds. The molecule has 0 radical (unpaired) electrons. The molecular formula is C21H26N6O2S. The van der Waals surface area contributed by atoms with Gasteiger partial charge in [0.25, 0.3) is 0 Å². The summed E-state index contributed by atoms with van der Waals surface area (Å²) in [6.07, 6.45) is 2.86. The molecule has 0 aliphatic carbocycles. The van der Waals surface area contributed by atoms with Crippen molar-refractivity contribution in [2.45, 2.75) is 52.4 Å². The zero-order valence-corrected chi connectivity index (χ0v) is 18.3. The molecule has 1 fully saturated rings. The minimum atomic E-state index is 0.125. The summed E-state index contributed by atoms with van der Waals surface area (Å²) in [4.78, 5) is 28.1. The molecule has 9 heteroatoms. The van der Waals surface area contributed by atoms with Crippen LogP contribution in [0.2, 0.25) is 0 Å². The third-order valence-corrected chi connectivity index (χ3v) is 6.03. The lowest BCUT2D eigenvalue weighted by atomic mass is 9.93. The molecule has 1 unspecified atom stereocenters. The number of carbonyl (C=O) groups is 1. The van der Waals surface area contributed by atoms with E-state index in [9.17, 15) is 4.79 Å². The molecule has 1 saturated heterocycles. The quantitative estimate of drug-likeness (QED) is 0.638. The van der Waals surface area contributed by atoms with Crippen LogP contribution < -0.4 is 5.32 Å². The first-order valence-electron chi connectivity index (χ1n) is 10.2. The van der Waals surface area contributed by atoms with Gasteiger partial charge in [0.05, 0.1) is 5.69 Å². The Balaban J connectivity index is 1.41. The summed E-state index contributed by atoms with van der Waals surface area (Å²) in [7, 11) is 0. The Morgan fingerprint density at radius 3 is 2.83 bits per heavy atom. The van der Waals surface area contributed by atoms with E-state index < -0.39 is 0 Å². The van der Waals surface area contributed by atoms with Crippen LogP contribution in [0.5, 0.6) is 0 Å². The van der Waals surface area contributed by atoms with E-state index in [-0.39, 0.29) is 11.8 Å². The van der Waals surface area contributed by atoms with Gasteiger partial charge in [-0.1, -0.05) is 5.16 Å². The van der Waals surface area contributed by atoms with Gasteiger partial charge in [0.1, 0.15) is 0 Å². The topological polar surface area (TPSA) is 97.0 Å². The number of hydrogen-bond acceptors (Lipinski definition) is 8. The fourth-order valence-electron chi connectivity index (χ4n) is 3.77. The molecule has 1 N–H and O–H groups in total. The van der Waals surface area contributed by atoms with Gasteiger partial charge < -0.3 is 14.7 Å². The van der Waals surface area contributed by atoms with E-state index in [2.05, 4.69) is 26.5 Å². The first-order chi connectivity index (χ1) is 14.5. The Hall–Kier alpha value is -2.81. The Morgan fingerprint density at radius 1 is 1.23 bits per heavy atom. The maximum Gasteiger partial charge on any atom is 0.227 e. The number of pyridine rings is 1. The van der Waals surface area contributed by atoms with Crippen molar-refractivity contribution in [1.29, 1.82) is 0 Å². The second-order valence-electron chi connectivity index (χ2n) is 7.76. The van der Waals surface area contributed by atoms with Crippen LogP contribution in [0.15, 0.2) is 22.0 Å². The molecule has 1 aliphatic heterocycles. The number of nitrogens with zero attached hydrogens (tertiary/aromatic N) is 5. The average Bonchev–Trinajstić information content (AvgIpc) is 3.33. The van der Waals surface area contributed by atoms with Gasteiger partial charge in [0.15, 0.2) is 11.0 Å². The van der Waals surface area contributed by atoms with E-state index >= 15 is 0 Å². The van der Waals surface area contributed by atoms with Crippen LogP contribution in [0.3, 0.4) is 0 Å². The number of thiazole rings is 1. The lowest BCUT2D eigenvalue weighted by molar-refractivity contribution is -0.132. The zero-order valence-electron chi connectivity index (χ0n) is 17.5. The van der Waals surface area contributed by atoms with Crippen molar-refractivity contribution in [3.63, 3.8) is 0 Å². The fraction of sp³-hybridized carbons (Fsp3) is 0.476. The van der Waals surface area contributed by atoms with Gasteiger partial charge >= 0.3 is 0 Å². The summed E-state index contributed by atoms with van der Waals surface area (Å²) in [5.74, 6) is 1.47. The molecule has 0 bridgehead atoms. The van der Waals surface area contributed by atoms with Crippen LogP contribution >= 0.6 is 11.3 Å². The molecular weight excluding hydrogens is 400 g/mol. The van der Waals surface area contributed by atoms with Crippen LogP contribution in [0.1, 0.15) is 54.0 Å². The van der Waals surface area contributed by atoms with Crippen molar-refractivity contribution in [1.82, 2.24) is 25.0 Å². The van der Waals surface area contributed by atoms with E-state index in [4.69, 9.17) is 9.51 Å². The first kappa shape index (κ1) is 20.5. The fourth-order valence-corrected chi connectivity index (χ4v) is 4.48. The predicted octanol–water partition coefficient (Wildman–Crippen LogP) is 3.93. The first-order valence-corrected chi connectivity index (χ1v) is 11.1. The van der Waals surface area contributed by atoms with E-state index in [1.165, 1.54) is 0 Å². The summed E-state index contributed by atoms with van der Waals surface area (Å²) < 4.78 is 5.12. The Morgan fingerprint density at radius 2 is 2.10 bits per heavy atom. The minimum absolute atomic E-state index is 0.125. The normalized spacial score (nSPS) is 16.6. The monoisotopic (exact) mass is 426 g/mol. The third kappa shape index (κ3) is 5.02. The van der Waals surface area contributed by atoms with Crippen LogP contribution in [0.4, 0.5) is 10.8 Å². The SMILES string of the molecule is Cc1cc(Nc2nc(C)cs2)cc(C2CCCN(C(=O)CCc3nc(C)no3)C2)n1. The molecule has 1 aliphatic rings. The standard InChI is InChI=1S/C21H26N6O2S/c1-13-9-17(25-21-23-14(2)12-30-21)10-18(22-13)16-5-4-8-27(11-16)20(28)7-6-19-24-15(3)26-29-19/h9-10,12,16H,4-8,11H2,1-3H3,(H,22,23,25). The summed E-state index contributed by atoms with van der Waals surface area (Å²) in [6.45, 7) is 7.23. The largest absolute Gasteiger partial charge is 0.342 e. The van der Waals surface area contributed by atoms with Crippen LogP contribution in [-0.2, 0) is 11.2 Å². The van der Waals surface area contributed by atoms with Gasteiger partial charge in [-0.2, -0.15) is 4.98 Å². The number of anilines is 2. The van der Waals surface area contributed by atoms with E-state index in [0.717, 1.165) is 47.3 Å². The highest BCUT2D eigenvalue weighted by atomic mass is 32.1. The number of aryl methyl sites for hydroxylation is 4. The molecule has 3 aromatic heterocycles. The van der Waals surface area contributed by atoms with Gasteiger partial charge in [0, 0.05) is 54.3 Å². The minimum Gasteiger partial charge on any atom is -0.342 e. The van der Waals surface area contributed by atoms with Gasteiger partial charge in [-0.15, -0.1) is 11.3 Å². The molecule has 3 aromatic rings. The lowest BCUT2D eigenvalue weighted by Gasteiger charge is -2.32. The number of nitrogens with one attached hydrogen (secondary N) is 1. The van der Waals surface area contributed by atoms with Crippen molar-refractivity contribution < 1.29 is 9.32 Å². The summed E-state index contributed by atoms with van der Waals surface area (Å²) >= 11 is 1.59. The summed E-state index contributed by atoms with van der Waals surface area (Å²) in [6, 6.07) is 4.11. The summed E-state index contributed by atoms with van der Waals surface area (Å²) in [5.41, 5.74) is 3.97. The molecule has 158 valence electrons. The Bertz CT molecular complexity index is 1030. The average molecular weight is 427 g/mol. The maximum atomic E-state index is 12.7. The second kappa shape index (κ2) is 8.91. The predicted molar refractivity (Wildman–Crippen MR) is 115 cm³/mol. The number of rotatable bonds is 6. The molecule has 8 nitrogen and oxygen atoms in total. The van der Waals surface area contributed by atoms with Gasteiger partial charge in [-0.25, -0.2) is 4.98 Å². The number of amides is 1. The van der Waals surface area contributed by atoms with Crippen molar-refractivity contribution in [2.75, 3.05) is 18.4 Å². The van der Waals surface area contributed by atoms with Crippen molar-refractivity contribution >= 4 is 28.1 Å². The Kier molecular flexibility index (Phi) is 6.08. The number of carbonyl (C=O) groups excluding carboxylic acids is 1. The van der Waals surface area contributed by atoms with Crippen LogP contribution in [-0.4, -0.2) is 44.0 Å². The van der Waals surface area contributed by atoms with Crippen molar-refractivity contribution in [3.8, 4) is 0 Å². The van der Waals surface area contributed by atoms with Gasteiger partial charge in [0.2, 0.25) is 11.8 Å². The van der Waals surface area contributed by atoms with Gasteiger partial charge in [-0.05, 0) is 45.7 Å². The Labute approximate surface area is 179 Å². The zero-order chi connectivity index (χ0) is 21.1. The third-order valence-electron chi connectivity index (χ3n) is 5.16. The van der Waals surface area contributed by atoms with E-state index in [1.54, 1.807) is 18.3 Å². The molecule has 30 heavy (non-hydrogen) atoms. The number of piperidine rings is 1. The smallest absolute Gasteiger partial charge is 0.227 e. The molecule has 1 atom stereocenters.